The molecule has 0 bridgehead atoms. The molecule has 1 aliphatic heterocycles. The van der Waals surface area contributed by atoms with Gasteiger partial charge in [0.1, 0.15) is 6.54 Å². The lowest BCUT2D eigenvalue weighted by Crippen LogP contribution is -2.35. The van der Waals surface area contributed by atoms with E-state index in [2.05, 4.69) is 5.10 Å². The van der Waals surface area contributed by atoms with E-state index in [-0.39, 0.29) is 12.3 Å². The number of rotatable bonds is 3. The number of hydrazone groups is 1. The van der Waals surface area contributed by atoms with Gasteiger partial charge in [0, 0.05) is 0 Å². The molecule has 1 amide bonds. The summed E-state index contributed by atoms with van der Waals surface area (Å²) in [6, 6.07) is 9.63. The molecule has 1 N–H and O–H groups in total. The average molecular weight is 258 g/mol. The van der Waals surface area contributed by atoms with Gasteiger partial charge in [0.25, 0.3) is 0 Å². The van der Waals surface area contributed by atoms with Crippen LogP contribution in [-0.2, 0) is 9.59 Å². The van der Waals surface area contributed by atoms with Gasteiger partial charge in [0.05, 0.1) is 12.1 Å². The van der Waals surface area contributed by atoms with Crippen molar-refractivity contribution in [3.05, 3.63) is 41.5 Å². The highest BCUT2D eigenvalue weighted by Crippen LogP contribution is 2.18. The van der Waals surface area contributed by atoms with Crippen molar-refractivity contribution >= 4 is 23.7 Å². The lowest BCUT2D eigenvalue weighted by Gasteiger charge is -2.22. The summed E-state index contributed by atoms with van der Waals surface area (Å²) in [6.07, 6.45) is 2.08. The van der Waals surface area contributed by atoms with Crippen molar-refractivity contribution in [3.63, 3.8) is 0 Å². The standard InChI is InChI=1S/C14H14N2O3/c1-10-12(7-11-5-3-2-4-6-11)8-13(17)16(15-10)9-14(18)19/h2-7H,8-9H2,1H3,(H,18,19)/b12-7+. The monoisotopic (exact) mass is 258 g/mol. The molecule has 98 valence electrons. The summed E-state index contributed by atoms with van der Waals surface area (Å²) in [4.78, 5) is 22.4. The van der Waals surface area contributed by atoms with Crippen molar-refractivity contribution in [1.29, 1.82) is 0 Å². The van der Waals surface area contributed by atoms with Crippen LogP contribution < -0.4 is 0 Å². The van der Waals surface area contributed by atoms with Gasteiger partial charge in [0.15, 0.2) is 0 Å². The maximum Gasteiger partial charge on any atom is 0.325 e. The van der Waals surface area contributed by atoms with E-state index in [1.165, 1.54) is 0 Å². The number of carboxylic acid groups (broad SMARTS) is 1. The van der Waals surface area contributed by atoms with Gasteiger partial charge in [-0.15, -0.1) is 0 Å². The first-order valence-electron chi connectivity index (χ1n) is 5.89. The Kier molecular flexibility index (Phi) is 3.75. The predicted molar refractivity (Wildman–Crippen MR) is 71.5 cm³/mol. The average Bonchev–Trinajstić information content (AvgIpc) is 2.36. The van der Waals surface area contributed by atoms with E-state index in [4.69, 9.17) is 5.11 Å². The molecule has 0 fully saturated rings. The Morgan fingerprint density at radius 1 is 1.42 bits per heavy atom. The van der Waals surface area contributed by atoms with Crippen LogP contribution in [0, 0.1) is 0 Å². The number of nitrogens with zero attached hydrogens (tertiary/aromatic N) is 2. The fourth-order valence-electron chi connectivity index (χ4n) is 1.84. The third kappa shape index (κ3) is 3.28. The van der Waals surface area contributed by atoms with Gasteiger partial charge in [-0.1, -0.05) is 30.3 Å². The van der Waals surface area contributed by atoms with Gasteiger partial charge in [-0.3, -0.25) is 9.59 Å². The van der Waals surface area contributed by atoms with Gasteiger partial charge < -0.3 is 5.11 Å². The zero-order valence-electron chi connectivity index (χ0n) is 10.5. The molecule has 2 rings (SSSR count). The molecule has 1 aromatic carbocycles. The molecule has 0 aliphatic carbocycles. The second-order valence-electron chi connectivity index (χ2n) is 4.29. The van der Waals surface area contributed by atoms with Gasteiger partial charge >= 0.3 is 5.97 Å². The summed E-state index contributed by atoms with van der Waals surface area (Å²) >= 11 is 0. The second-order valence-corrected chi connectivity index (χ2v) is 4.29. The molecule has 0 unspecified atom stereocenters. The summed E-state index contributed by atoms with van der Waals surface area (Å²) < 4.78 is 0. The fraction of sp³-hybridized carbons (Fsp3) is 0.214. The zero-order chi connectivity index (χ0) is 13.8. The van der Waals surface area contributed by atoms with E-state index in [1.807, 2.05) is 36.4 Å². The maximum atomic E-state index is 11.8. The number of hydrogen-bond donors (Lipinski definition) is 1. The van der Waals surface area contributed by atoms with Gasteiger partial charge in [-0.05, 0) is 24.1 Å². The minimum atomic E-state index is -1.07. The van der Waals surface area contributed by atoms with Crippen molar-refractivity contribution in [2.75, 3.05) is 6.54 Å². The van der Waals surface area contributed by atoms with Crippen LogP contribution in [0.15, 0.2) is 41.0 Å². The molecular formula is C14H14N2O3. The molecule has 0 spiro atoms. The minimum absolute atomic E-state index is 0.178. The largest absolute Gasteiger partial charge is 0.480 e. The molecule has 0 saturated carbocycles. The molecule has 0 atom stereocenters. The first-order valence-corrected chi connectivity index (χ1v) is 5.89. The molecule has 1 aliphatic rings. The molecule has 5 heteroatoms. The highest BCUT2D eigenvalue weighted by Gasteiger charge is 2.23. The third-order valence-electron chi connectivity index (χ3n) is 2.79. The van der Waals surface area contributed by atoms with Gasteiger partial charge in [-0.2, -0.15) is 5.10 Å². The summed E-state index contributed by atoms with van der Waals surface area (Å²) in [5, 5.41) is 13.7. The van der Waals surface area contributed by atoms with Crippen LogP contribution in [0.4, 0.5) is 0 Å². The maximum absolute atomic E-state index is 11.8. The molecular weight excluding hydrogens is 244 g/mol. The van der Waals surface area contributed by atoms with Crippen LogP contribution in [0.25, 0.3) is 6.08 Å². The predicted octanol–water partition coefficient (Wildman–Crippen LogP) is 1.76. The van der Waals surface area contributed by atoms with E-state index in [9.17, 15) is 9.59 Å². The number of aliphatic carboxylic acids is 1. The molecule has 0 radical (unpaired) electrons. The van der Waals surface area contributed by atoms with E-state index < -0.39 is 12.5 Å². The molecule has 19 heavy (non-hydrogen) atoms. The Morgan fingerprint density at radius 3 is 2.74 bits per heavy atom. The van der Waals surface area contributed by atoms with E-state index in [0.29, 0.717) is 5.71 Å². The first kappa shape index (κ1) is 13.0. The Balaban J connectivity index is 2.24. The molecule has 1 heterocycles. The summed E-state index contributed by atoms with van der Waals surface area (Å²) in [7, 11) is 0. The second kappa shape index (κ2) is 5.48. The van der Waals surface area contributed by atoms with E-state index in [0.717, 1.165) is 16.1 Å². The van der Waals surface area contributed by atoms with E-state index in [1.54, 1.807) is 6.92 Å². The summed E-state index contributed by atoms with van der Waals surface area (Å²) in [6.45, 7) is 1.38. The summed E-state index contributed by atoms with van der Waals surface area (Å²) in [5.41, 5.74) is 2.48. The quantitative estimate of drug-likeness (QED) is 0.898. The van der Waals surface area contributed by atoms with Crippen LogP contribution in [0.1, 0.15) is 18.9 Å². The van der Waals surface area contributed by atoms with Gasteiger partial charge in [0.2, 0.25) is 5.91 Å². The topological polar surface area (TPSA) is 70.0 Å². The fourth-order valence-corrected chi connectivity index (χ4v) is 1.84. The highest BCUT2D eigenvalue weighted by molar-refractivity contribution is 6.08. The lowest BCUT2D eigenvalue weighted by molar-refractivity contribution is -0.144. The van der Waals surface area contributed by atoms with Crippen LogP contribution in [0.3, 0.4) is 0 Å². The number of carbonyl (C=O) groups is 2. The SMILES string of the molecule is CC1=NN(CC(=O)O)C(=O)C/C1=C\c1ccccc1. The first-order chi connectivity index (χ1) is 9.06. The van der Waals surface area contributed by atoms with Crippen molar-refractivity contribution < 1.29 is 14.7 Å². The Labute approximate surface area is 110 Å². The smallest absolute Gasteiger partial charge is 0.325 e. The minimum Gasteiger partial charge on any atom is -0.480 e. The van der Waals surface area contributed by atoms with Crippen LogP contribution in [-0.4, -0.2) is 34.2 Å². The van der Waals surface area contributed by atoms with Crippen LogP contribution in [0.2, 0.25) is 0 Å². The highest BCUT2D eigenvalue weighted by atomic mass is 16.4. The van der Waals surface area contributed by atoms with Crippen LogP contribution in [0.5, 0.6) is 0 Å². The normalized spacial score (nSPS) is 17.5. The number of benzene rings is 1. The Bertz CT molecular complexity index is 561. The number of carbonyl (C=O) groups excluding carboxylic acids is 1. The molecule has 5 nitrogen and oxygen atoms in total. The van der Waals surface area contributed by atoms with Crippen molar-refractivity contribution in [3.8, 4) is 0 Å². The third-order valence-corrected chi connectivity index (χ3v) is 2.79. The number of carboxylic acids is 1. The van der Waals surface area contributed by atoms with Crippen molar-refractivity contribution in [1.82, 2.24) is 5.01 Å². The Hall–Kier alpha value is -2.43. The van der Waals surface area contributed by atoms with E-state index >= 15 is 0 Å². The summed E-state index contributed by atoms with van der Waals surface area (Å²) in [5.74, 6) is -1.37. The Morgan fingerprint density at radius 2 is 2.11 bits per heavy atom. The lowest BCUT2D eigenvalue weighted by atomic mass is 10.0. The number of amides is 1. The molecule has 1 aromatic rings. The molecule has 0 aromatic heterocycles. The van der Waals surface area contributed by atoms with Crippen LogP contribution >= 0.6 is 0 Å². The zero-order valence-corrected chi connectivity index (χ0v) is 10.5. The van der Waals surface area contributed by atoms with Gasteiger partial charge in [-0.25, -0.2) is 5.01 Å². The number of hydrogen-bond acceptors (Lipinski definition) is 3. The van der Waals surface area contributed by atoms with Crippen molar-refractivity contribution in [2.45, 2.75) is 13.3 Å². The van der Waals surface area contributed by atoms with Crippen molar-refractivity contribution in [2.24, 2.45) is 5.10 Å². The molecule has 0 saturated heterocycles.